The van der Waals surface area contributed by atoms with Crippen molar-refractivity contribution in [2.45, 2.75) is 38.3 Å². The van der Waals surface area contributed by atoms with Gasteiger partial charge >= 0.3 is 0 Å². The first-order chi connectivity index (χ1) is 18.2. The summed E-state index contributed by atoms with van der Waals surface area (Å²) in [6, 6.07) is 20.1. The van der Waals surface area contributed by atoms with Gasteiger partial charge in [-0.1, -0.05) is 42.5 Å². The number of hydrogen-bond acceptors (Lipinski definition) is 5. The zero-order chi connectivity index (χ0) is 25.2. The number of fused-ring (bicyclic) bond motifs is 1. The molecule has 3 aliphatic rings. The number of carbonyl (C=O) groups excluding carboxylic acids is 2. The highest BCUT2D eigenvalue weighted by molar-refractivity contribution is 6.02. The van der Waals surface area contributed by atoms with E-state index in [1.54, 1.807) is 4.90 Å². The lowest BCUT2D eigenvalue weighted by molar-refractivity contribution is -0.117. The number of amides is 2. The Balaban J connectivity index is 1.25. The Morgan fingerprint density at radius 2 is 1.78 bits per heavy atom. The third-order valence-electron chi connectivity index (χ3n) is 7.80. The molecule has 6 rings (SSSR count). The fourth-order valence-electron chi connectivity index (χ4n) is 5.84. The Morgan fingerprint density at radius 1 is 0.946 bits per heavy atom. The molecule has 1 atom stereocenters. The van der Waals surface area contributed by atoms with Gasteiger partial charge in [-0.25, -0.2) is 4.98 Å². The molecule has 0 spiro atoms. The number of aromatic nitrogens is 1. The van der Waals surface area contributed by atoms with Crippen LogP contribution in [0.25, 0.3) is 11.1 Å². The summed E-state index contributed by atoms with van der Waals surface area (Å²) < 4.78 is 0. The van der Waals surface area contributed by atoms with E-state index in [9.17, 15) is 9.59 Å². The van der Waals surface area contributed by atoms with E-state index in [0.29, 0.717) is 24.0 Å². The van der Waals surface area contributed by atoms with Crippen molar-refractivity contribution in [2.75, 3.05) is 42.9 Å². The standard InChI is InChI=1S/C30H33N5O2/c36-28-19-32-29-27(35(28)20-22-8-2-1-3-9-22)17-25(18-31-29)23-10-6-11-24(16-23)30(37)34-15-7-12-26(34)21-33-13-4-5-14-33/h1-3,6,8-11,16-18,26H,4-5,7,12-15,19-21H2,(H,31,32)/t26-/m0/s1. The highest BCUT2D eigenvalue weighted by atomic mass is 16.2. The molecule has 2 aromatic carbocycles. The van der Waals surface area contributed by atoms with Crippen LogP contribution >= 0.6 is 0 Å². The van der Waals surface area contributed by atoms with Gasteiger partial charge in [-0.2, -0.15) is 0 Å². The number of carbonyl (C=O) groups is 2. The number of rotatable bonds is 6. The van der Waals surface area contributed by atoms with E-state index >= 15 is 0 Å². The monoisotopic (exact) mass is 495 g/mol. The normalized spacial score (nSPS) is 19.7. The second kappa shape index (κ2) is 10.3. The Labute approximate surface area is 218 Å². The molecule has 2 amide bonds. The molecule has 0 unspecified atom stereocenters. The third kappa shape index (κ3) is 4.96. The second-order valence-electron chi connectivity index (χ2n) is 10.3. The Bertz CT molecular complexity index is 1290. The van der Waals surface area contributed by atoms with E-state index in [-0.39, 0.29) is 18.4 Å². The maximum absolute atomic E-state index is 13.6. The predicted octanol–water partition coefficient (Wildman–Crippen LogP) is 4.41. The molecule has 4 heterocycles. The number of nitrogens with one attached hydrogen (secondary N) is 1. The summed E-state index contributed by atoms with van der Waals surface area (Å²) >= 11 is 0. The molecule has 3 aliphatic heterocycles. The van der Waals surface area contributed by atoms with Gasteiger partial charge in [-0.3, -0.25) is 9.59 Å². The molecule has 0 radical (unpaired) electrons. The molecule has 7 heteroatoms. The van der Waals surface area contributed by atoms with Crippen LogP contribution < -0.4 is 10.2 Å². The van der Waals surface area contributed by atoms with Crippen LogP contribution in [0, 0.1) is 0 Å². The van der Waals surface area contributed by atoms with Crippen LogP contribution in [0.2, 0.25) is 0 Å². The Morgan fingerprint density at radius 3 is 2.62 bits per heavy atom. The summed E-state index contributed by atoms with van der Waals surface area (Å²) in [6.45, 7) is 4.83. The molecule has 0 bridgehead atoms. The van der Waals surface area contributed by atoms with Crippen LogP contribution in [0.1, 0.15) is 41.6 Å². The highest BCUT2D eigenvalue weighted by Gasteiger charge is 2.31. The second-order valence-corrected chi connectivity index (χ2v) is 10.3. The minimum atomic E-state index is 0.0114. The predicted molar refractivity (Wildman–Crippen MR) is 146 cm³/mol. The fourth-order valence-corrected chi connectivity index (χ4v) is 5.84. The van der Waals surface area contributed by atoms with Gasteiger partial charge in [0.05, 0.1) is 18.8 Å². The molecule has 37 heavy (non-hydrogen) atoms. The zero-order valence-electron chi connectivity index (χ0n) is 21.1. The van der Waals surface area contributed by atoms with Gasteiger partial charge in [-0.05, 0) is 68.1 Å². The molecule has 7 nitrogen and oxygen atoms in total. The number of nitrogens with zero attached hydrogens (tertiary/aromatic N) is 4. The first-order valence-corrected chi connectivity index (χ1v) is 13.4. The molecule has 2 saturated heterocycles. The van der Waals surface area contributed by atoms with Crippen molar-refractivity contribution in [3.63, 3.8) is 0 Å². The van der Waals surface area contributed by atoms with E-state index < -0.39 is 0 Å². The van der Waals surface area contributed by atoms with E-state index in [2.05, 4.69) is 20.1 Å². The summed E-state index contributed by atoms with van der Waals surface area (Å²) in [7, 11) is 0. The lowest BCUT2D eigenvalue weighted by atomic mass is 10.0. The average molecular weight is 496 g/mol. The first kappa shape index (κ1) is 23.7. The number of pyridine rings is 1. The van der Waals surface area contributed by atoms with Crippen molar-refractivity contribution in [1.29, 1.82) is 0 Å². The van der Waals surface area contributed by atoms with Crippen molar-refractivity contribution in [3.05, 3.63) is 78.0 Å². The SMILES string of the molecule is O=C1CNc2ncc(-c3cccc(C(=O)N4CCC[C@H]4CN4CCCC4)c3)cc2N1Cc1ccccc1. The van der Waals surface area contributed by atoms with E-state index in [4.69, 9.17) is 0 Å². The van der Waals surface area contributed by atoms with Gasteiger partial charge in [-0.15, -0.1) is 0 Å². The van der Waals surface area contributed by atoms with Crippen LogP contribution in [-0.2, 0) is 11.3 Å². The maximum Gasteiger partial charge on any atom is 0.254 e. The van der Waals surface area contributed by atoms with Crippen LogP contribution in [0.3, 0.4) is 0 Å². The van der Waals surface area contributed by atoms with E-state index in [1.807, 2.05) is 66.9 Å². The summed E-state index contributed by atoms with van der Waals surface area (Å²) in [4.78, 5) is 37.4. The summed E-state index contributed by atoms with van der Waals surface area (Å²) in [5.74, 6) is 0.822. The van der Waals surface area contributed by atoms with Crippen molar-refractivity contribution < 1.29 is 9.59 Å². The number of hydrogen-bond donors (Lipinski definition) is 1. The van der Waals surface area contributed by atoms with Gasteiger partial charge in [0.1, 0.15) is 0 Å². The van der Waals surface area contributed by atoms with Gasteiger partial charge in [0.25, 0.3) is 5.91 Å². The minimum Gasteiger partial charge on any atom is -0.359 e. The summed E-state index contributed by atoms with van der Waals surface area (Å²) in [5, 5.41) is 3.14. The molecule has 2 fully saturated rings. The van der Waals surface area contributed by atoms with Gasteiger partial charge in [0.15, 0.2) is 5.82 Å². The van der Waals surface area contributed by atoms with Crippen molar-refractivity contribution in [3.8, 4) is 11.1 Å². The average Bonchev–Trinajstić information content (AvgIpc) is 3.63. The van der Waals surface area contributed by atoms with Crippen LogP contribution in [0.4, 0.5) is 11.5 Å². The quantitative estimate of drug-likeness (QED) is 0.549. The molecule has 0 saturated carbocycles. The molecule has 1 aromatic heterocycles. The van der Waals surface area contributed by atoms with Crippen LogP contribution in [0.15, 0.2) is 66.9 Å². The highest BCUT2D eigenvalue weighted by Crippen LogP contribution is 2.34. The number of anilines is 2. The minimum absolute atomic E-state index is 0.0114. The smallest absolute Gasteiger partial charge is 0.254 e. The molecule has 3 aromatic rings. The van der Waals surface area contributed by atoms with Crippen LogP contribution in [0.5, 0.6) is 0 Å². The lowest BCUT2D eigenvalue weighted by Gasteiger charge is -2.30. The molecular weight excluding hydrogens is 462 g/mol. The van der Waals surface area contributed by atoms with Crippen molar-refractivity contribution in [2.24, 2.45) is 0 Å². The third-order valence-corrected chi connectivity index (χ3v) is 7.80. The Hall–Kier alpha value is -3.71. The fraction of sp³-hybridized carbons (Fsp3) is 0.367. The summed E-state index contributed by atoms with van der Waals surface area (Å²) in [6.07, 6.45) is 6.49. The van der Waals surface area contributed by atoms with E-state index in [0.717, 1.165) is 61.4 Å². The zero-order valence-corrected chi connectivity index (χ0v) is 21.1. The van der Waals surface area contributed by atoms with Gasteiger partial charge < -0.3 is 20.0 Å². The van der Waals surface area contributed by atoms with Gasteiger partial charge in [0, 0.05) is 36.5 Å². The molecule has 0 aliphatic carbocycles. The topological polar surface area (TPSA) is 68.8 Å². The molecular formula is C30H33N5O2. The largest absolute Gasteiger partial charge is 0.359 e. The van der Waals surface area contributed by atoms with Gasteiger partial charge in [0.2, 0.25) is 5.91 Å². The van der Waals surface area contributed by atoms with Crippen molar-refractivity contribution >= 4 is 23.3 Å². The molecule has 190 valence electrons. The number of likely N-dealkylation sites (tertiary alicyclic amines) is 2. The van der Waals surface area contributed by atoms with E-state index in [1.165, 1.54) is 12.8 Å². The summed E-state index contributed by atoms with van der Waals surface area (Å²) in [5.41, 5.74) is 4.35. The van der Waals surface area contributed by atoms with Crippen molar-refractivity contribution in [1.82, 2.24) is 14.8 Å². The maximum atomic E-state index is 13.6. The lowest BCUT2D eigenvalue weighted by Crippen LogP contribution is -2.42. The number of benzene rings is 2. The van der Waals surface area contributed by atoms with Crippen LogP contribution in [-0.4, -0.2) is 65.4 Å². The Kier molecular flexibility index (Phi) is 6.62. The first-order valence-electron chi connectivity index (χ1n) is 13.4. The molecule has 1 N–H and O–H groups in total.